The minimum Gasteiger partial charge on any atom is -0.350 e. The first-order valence-electron chi connectivity index (χ1n) is 5.16. The van der Waals surface area contributed by atoms with Crippen LogP contribution in [-0.4, -0.2) is 21.9 Å². The average molecular weight is 193 g/mol. The lowest BCUT2D eigenvalue weighted by atomic mass is 9.95. The molecule has 2 rings (SSSR count). The molecule has 4 heteroatoms. The molecule has 1 fully saturated rings. The van der Waals surface area contributed by atoms with Gasteiger partial charge in [0, 0.05) is 12.2 Å². The van der Waals surface area contributed by atoms with Gasteiger partial charge in [0.05, 0.1) is 6.33 Å². The van der Waals surface area contributed by atoms with Crippen LogP contribution < -0.4 is 5.32 Å². The number of amides is 1. The number of imidazole rings is 1. The van der Waals surface area contributed by atoms with Gasteiger partial charge in [0.15, 0.2) is 0 Å². The van der Waals surface area contributed by atoms with Crippen LogP contribution in [0.5, 0.6) is 0 Å². The summed E-state index contributed by atoms with van der Waals surface area (Å²) in [6, 6.07) is 0.355. The molecule has 1 aliphatic carbocycles. The number of aromatic amines is 1. The van der Waals surface area contributed by atoms with E-state index in [1.807, 2.05) is 0 Å². The van der Waals surface area contributed by atoms with E-state index in [2.05, 4.69) is 15.3 Å². The van der Waals surface area contributed by atoms with Crippen molar-refractivity contribution in [2.75, 3.05) is 0 Å². The third-order valence-electron chi connectivity index (χ3n) is 2.67. The molecule has 0 spiro atoms. The number of nitrogens with one attached hydrogen (secondary N) is 2. The lowest BCUT2D eigenvalue weighted by molar-refractivity contribution is 0.0923. The van der Waals surface area contributed by atoms with E-state index in [0.717, 1.165) is 12.8 Å². The predicted molar refractivity (Wildman–Crippen MR) is 52.9 cm³/mol. The van der Waals surface area contributed by atoms with Crippen LogP contribution in [0.15, 0.2) is 12.5 Å². The molecular weight excluding hydrogens is 178 g/mol. The second-order valence-corrected chi connectivity index (χ2v) is 3.76. The van der Waals surface area contributed by atoms with Crippen molar-refractivity contribution < 1.29 is 4.79 Å². The molecule has 1 heterocycles. The smallest absolute Gasteiger partial charge is 0.271 e. The first-order valence-corrected chi connectivity index (χ1v) is 5.16. The molecule has 0 aliphatic heterocycles. The molecule has 0 aromatic carbocycles. The molecule has 0 unspecified atom stereocenters. The van der Waals surface area contributed by atoms with E-state index in [-0.39, 0.29) is 5.91 Å². The van der Waals surface area contributed by atoms with Crippen molar-refractivity contribution in [3.05, 3.63) is 18.2 Å². The van der Waals surface area contributed by atoms with Crippen molar-refractivity contribution in [1.82, 2.24) is 15.3 Å². The first-order chi connectivity index (χ1) is 6.86. The maximum atomic E-state index is 11.6. The fourth-order valence-electron chi connectivity index (χ4n) is 1.89. The number of aromatic nitrogens is 2. The number of carbonyl (C=O) groups is 1. The van der Waals surface area contributed by atoms with Crippen LogP contribution >= 0.6 is 0 Å². The van der Waals surface area contributed by atoms with Gasteiger partial charge in [-0.3, -0.25) is 4.79 Å². The van der Waals surface area contributed by atoms with E-state index in [1.165, 1.54) is 25.6 Å². The van der Waals surface area contributed by atoms with Gasteiger partial charge >= 0.3 is 0 Å². The Kier molecular flexibility index (Phi) is 2.81. The Balaban J connectivity index is 1.87. The van der Waals surface area contributed by atoms with Crippen molar-refractivity contribution >= 4 is 5.91 Å². The Morgan fingerprint density at radius 1 is 1.43 bits per heavy atom. The summed E-state index contributed by atoms with van der Waals surface area (Å²) < 4.78 is 0. The highest BCUT2D eigenvalue weighted by Crippen LogP contribution is 2.17. The molecule has 1 amide bonds. The van der Waals surface area contributed by atoms with Gasteiger partial charge in [-0.15, -0.1) is 0 Å². The van der Waals surface area contributed by atoms with Gasteiger partial charge in [-0.25, -0.2) is 4.98 Å². The highest BCUT2D eigenvalue weighted by atomic mass is 16.1. The quantitative estimate of drug-likeness (QED) is 0.747. The summed E-state index contributed by atoms with van der Waals surface area (Å²) in [5.41, 5.74) is 0.482. The number of nitrogens with zero attached hydrogens (tertiary/aromatic N) is 1. The van der Waals surface area contributed by atoms with Crippen molar-refractivity contribution in [1.29, 1.82) is 0 Å². The first kappa shape index (κ1) is 9.24. The Bertz CT molecular complexity index is 288. The van der Waals surface area contributed by atoms with Gasteiger partial charge in [0.25, 0.3) is 5.91 Å². The minimum absolute atomic E-state index is 0.0573. The molecule has 0 saturated heterocycles. The van der Waals surface area contributed by atoms with Crippen molar-refractivity contribution in [2.45, 2.75) is 38.1 Å². The lowest BCUT2D eigenvalue weighted by Crippen LogP contribution is -2.36. The third-order valence-corrected chi connectivity index (χ3v) is 2.67. The summed E-state index contributed by atoms with van der Waals surface area (Å²) in [4.78, 5) is 18.3. The summed E-state index contributed by atoms with van der Waals surface area (Å²) in [6.07, 6.45) is 9.12. The fourth-order valence-corrected chi connectivity index (χ4v) is 1.89. The predicted octanol–water partition coefficient (Wildman–Crippen LogP) is 1.47. The number of hydrogen-bond acceptors (Lipinski definition) is 2. The van der Waals surface area contributed by atoms with Gasteiger partial charge < -0.3 is 10.3 Å². The molecule has 0 radical (unpaired) electrons. The van der Waals surface area contributed by atoms with Crippen molar-refractivity contribution in [2.24, 2.45) is 0 Å². The molecular formula is C10H15N3O. The Morgan fingerprint density at radius 2 is 2.21 bits per heavy atom. The lowest BCUT2D eigenvalue weighted by Gasteiger charge is -2.22. The van der Waals surface area contributed by atoms with E-state index in [4.69, 9.17) is 0 Å². The highest BCUT2D eigenvalue weighted by Gasteiger charge is 2.17. The van der Waals surface area contributed by atoms with Gasteiger partial charge in [-0.1, -0.05) is 19.3 Å². The zero-order valence-electron chi connectivity index (χ0n) is 8.12. The Morgan fingerprint density at radius 3 is 2.86 bits per heavy atom. The second-order valence-electron chi connectivity index (χ2n) is 3.76. The minimum atomic E-state index is -0.0573. The summed E-state index contributed by atoms with van der Waals surface area (Å²) in [6.45, 7) is 0. The fraction of sp³-hybridized carbons (Fsp3) is 0.600. The molecule has 4 nitrogen and oxygen atoms in total. The van der Waals surface area contributed by atoms with Crippen LogP contribution in [0.2, 0.25) is 0 Å². The van der Waals surface area contributed by atoms with E-state index >= 15 is 0 Å². The normalized spacial score (nSPS) is 18.0. The third kappa shape index (κ3) is 2.13. The van der Waals surface area contributed by atoms with Crippen LogP contribution in [0.1, 0.15) is 42.6 Å². The summed E-state index contributed by atoms with van der Waals surface area (Å²) in [5.74, 6) is -0.0573. The van der Waals surface area contributed by atoms with Crippen LogP contribution in [0, 0.1) is 0 Å². The number of carbonyl (C=O) groups excluding carboxylic acids is 1. The average Bonchev–Trinajstić information content (AvgIpc) is 2.72. The van der Waals surface area contributed by atoms with Gasteiger partial charge in [0.1, 0.15) is 5.69 Å². The molecule has 1 aliphatic rings. The van der Waals surface area contributed by atoms with E-state index in [0.29, 0.717) is 11.7 Å². The van der Waals surface area contributed by atoms with Crippen LogP contribution in [0.3, 0.4) is 0 Å². The SMILES string of the molecule is O=C(NC1CCCCC1)c1c[nH]cn1. The standard InChI is InChI=1S/C10H15N3O/c14-10(9-6-11-7-12-9)13-8-4-2-1-3-5-8/h6-8H,1-5H2,(H,11,12)(H,13,14). The molecule has 0 atom stereocenters. The molecule has 2 N–H and O–H groups in total. The van der Waals surface area contributed by atoms with Crippen LogP contribution in [0.25, 0.3) is 0 Å². The number of H-pyrrole nitrogens is 1. The maximum absolute atomic E-state index is 11.6. The van der Waals surface area contributed by atoms with Gasteiger partial charge in [-0.05, 0) is 12.8 Å². The van der Waals surface area contributed by atoms with Crippen LogP contribution in [0.4, 0.5) is 0 Å². The largest absolute Gasteiger partial charge is 0.350 e. The topological polar surface area (TPSA) is 57.8 Å². The summed E-state index contributed by atoms with van der Waals surface area (Å²) in [5, 5.41) is 3.00. The van der Waals surface area contributed by atoms with Gasteiger partial charge in [0.2, 0.25) is 0 Å². The summed E-state index contributed by atoms with van der Waals surface area (Å²) >= 11 is 0. The molecule has 76 valence electrons. The maximum Gasteiger partial charge on any atom is 0.271 e. The monoisotopic (exact) mass is 193 g/mol. The zero-order chi connectivity index (χ0) is 9.80. The van der Waals surface area contributed by atoms with E-state index in [1.54, 1.807) is 6.20 Å². The Hall–Kier alpha value is -1.32. The number of hydrogen-bond donors (Lipinski definition) is 2. The van der Waals surface area contributed by atoms with E-state index in [9.17, 15) is 4.79 Å². The molecule has 14 heavy (non-hydrogen) atoms. The number of rotatable bonds is 2. The molecule has 1 aromatic rings. The van der Waals surface area contributed by atoms with Crippen molar-refractivity contribution in [3.63, 3.8) is 0 Å². The second kappa shape index (κ2) is 4.26. The van der Waals surface area contributed by atoms with Crippen molar-refractivity contribution in [3.8, 4) is 0 Å². The molecule has 1 aromatic heterocycles. The molecule has 0 bridgehead atoms. The van der Waals surface area contributed by atoms with E-state index < -0.39 is 0 Å². The van der Waals surface area contributed by atoms with Crippen LogP contribution in [-0.2, 0) is 0 Å². The Labute approximate surface area is 83.1 Å². The zero-order valence-corrected chi connectivity index (χ0v) is 8.12. The highest BCUT2D eigenvalue weighted by molar-refractivity contribution is 5.92. The summed E-state index contributed by atoms with van der Waals surface area (Å²) in [7, 11) is 0. The van der Waals surface area contributed by atoms with Gasteiger partial charge in [-0.2, -0.15) is 0 Å². The molecule has 1 saturated carbocycles.